The molecule has 0 aliphatic carbocycles. The molecular formula is C128H273N7O12. The number of Topliss-reactive ketones (excluding diaryl/α,β-unsaturated/α-hetero) is 2. The summed E-state index contributed by atoms with van der Waals surface area (Å²) in [4.78, 5) is 107. The van der Waals surface area contributed by atoms with Crippen LogP contribution in [0.15, 0.2) is 54.6 Å². The Kier molecular flexibility index (Phi) is 176. The summed E-state index contributed by atoms with van der Waals surface area (Å²) < 4.78 is 23.8. The average molecular weight is 2100 g/mol. The average Bonchev–Trinajstić information content (AvgIpc) is 0.836. The Labute approximate surface area is 925 Å². The van der Waals surface area contributed by atoms with Crippen LogP contribution in [0.3, 0.4) is 0 Å². The normalized spacial score (nSPS) is 9.86. The van der Waals surface area contributed by atoms with Gasteiger partial charge in [0.2, 0.25) is 11.8 Å². The van der Waals surface area contributed by atoms with Crippen LogP contribution in [0.2, 0.25) is 0 Å². The van der Waals surface area contributed by atoms with E-state index in [2.05, 4.69) is 128 Å². The number of ketones is 2. The van der Waals surface area contributed by atoms with E-state index >= 15 is 0 Å². The highest BCUT2D eigenvalue weighted by molar-refractivity contribution is 6.00. The molecule has 147 heavy (non-hydrogen) atoms. The minimum Gasteiger partial charge on any atom is -0.486 e. The molecule has 0 heterocycles. The van der Waals surface area contributed by atoms with Crippen LogP contribution in [0.5, 0.6) is 23.0 Å². The number of nitrogens with one attached hydrogen (secondary N) is 5. The van der Waals surface area contributed by atoms with Crippen LogP contribution < -0.4 is 45.5 Å². The Hall–Kier alpha value is -7.02. The number of nitrogens with zero attached hydrogens (tertiary/aromatic N) is 2. The molecule has 0 fully saturated rings. The van der Waals surface area contributed by atoms with Gasteiger partial charge in [0, 0.05) is 86.8 Å². The van der Waals surface area contributed by atoms with E-state index < -0.39 is 0 Å². The van der Waals surface area contributed by atoms with Crippen molar-refractivity contribution in [2.75, 3.05) is 72.2 Å². The molecule has 3 aromatic rings. The van der Waals surface area contributed by atoms with Gasteiger partial charge in [-0.15, -0.1) is 0 Å². The molecule has 0 saturated carbocycles. The molecule has 3 aromatic carbocycles. The number of unbranched alkanes of at least 4 members (excludes halogenated alkanes) is 24. The molecule has 2 atom stereocenters. The fourth-order valence-corrected chi connectivity index (χ4v) is 15.5. The van der Waals surface area contributed by atoms with Crippen molar-refractivity contribution in [1.29, 1.82) is 0 Å². The zero-order valence-corrected chi connectivity index (χ0v) is 82.4. The van der Waals surface area contributed by atoms with Crippen molar-refractivity contribution in [3.63, 3.8) is 0 Å². The van der Waals surface area contributed by atoms with E-state index in [0.29, 0.717) is 59.4 Å². The van der Waals surface area contributed by atoms with Crippen molar-refractivity contribution in [3.8, 4) is 23.0 Å². The number of carbonyl (C=O) groups is 8. The number of rotatable bonds is 78. The Balaban J connectivity index is -0.0000000744. The first kappa shape index (κ1) is 194. The van der Waals surface area contributed by atoms with Crippen LogP contribution in [0, 0.1) is 5.92 Å². The van der Waals surface area contributed by atoms with Crippen molar-refractivity contribution < 1.29 is 57.3 Å². The molecule has 2 unspecified atom stereocenters. The van der Waals surface area contributed by atoms with E-state index in [1.165, 1.54) is 128 Å². The number of amides is 6. The maximum absolute atomic E-state index is 13.0. The van der Waals surface area contributed by atoms with Gasteiger partial charge < -0.3 is 50.4 Å². The van der Waals surface area contributed by atoms with Gasteiger partial charge in [0.25, 0.3) is 23.6 Å². The quantitative estimate of drug-likeness (QED) is 0.0331. The fourth-order valence-electron chi connectivity index (χ4n) is 15.5. The van der Waals surface area contributed by atoms with Gasteiger partial charge in [-0.3, -0.25) is 43.3 Å². The van der Waals surface area contributed by atoms with E-state index in [4.69, 9.17) is 18.9 Å². The van der Waals surface area contributed by atoms with E-state index in [9.17, 15) is 38.4 Å². The molecule has 0 aliphatic rings. The zero-order chi connectivity index (χ0) is 92.1. The topological polar surface area (TPSA) is 240 Å². The molecule has 19 heteroatoms. The number of carbonyl (C=O) groups excluding carboxylic acids is 8. The molecule has 0 radical (unpaired) electrons. The minimum absolute atomic E-state index is 0. The van der Waals surface area contributed by atoms with Crippen molar-refractivity contribution in [2.45, 2.75) is 606 Å². The van der Waals surface area contributed by atoms with E-state index in [1.807, 2.05) is 36.1 Å². The third kappa shape index (κ3) is 103. The summed E-state index contributed by atoms with van der Waals surface area (Å²) in [6.45, 7) is 37.0. The summed E-state index contributed by atoms with van der Waals surface area (Å²) in [7, 11) is 0. The number of hydrogen-bond donors (Lipinski definition) is 5. The first-order valence-electron chi connectivity index (χ1n) is 51.1. The van der Waals surface area contributed by atoms with Crippen LogP contribution in [0.4, 0.5) is 0 Å². The smallest absolute Gasteiger partial charge is 0.260 e. The maximum Gasteiger partial charge on any atom is 0.260 e. The highest BCUT2D eigenvalue weighted by atomic mass is 16.5. The number of aryl methyl sites for hydroxylation is 3. The molecule has 19 nitrogen and oxygen atoms in total. The molecule has 0 saturated heterocycles. The maximum atomic E-state index is 13.0. The van der Waals surface area contributed by atoms with Crippen LogP contribution in [-0.4, -0.2) is 147 Å². The number of benzene rings is 3. The summed E-state index contributed by atoms with van der Waals surface area (Å²) in [5.74, 6) is 2.46. The van der Waals surface area contributed by atoms with Gasteiger partial charge in [-0.2, -0.15) is 0 Å². The third-order valence-electron chi connectivity index (χ3n) is 23.4. The lowest BCUT2D eigenvalue weighted by molar-refractivity contribution is -0.133. The highest BCUT2D eigenvalue weighted by Crippen LogP contribution is 2.28. The van der Waals surface area contributed by atoms with Gasteiger partial charge in [-0.1, -0.05) is 486 Å². The highest BCUT2D eigenvalue weighted by Gasteiger charge is 2.22. The monoisotopic (exact) mass is 2100 g/mol. The van der Waals surface area contributed by atoms with E-state index in [0.717, 1.165) is 210 Å². The second-order valence-corrected chi connectivity index (χ2v) is 35.2. The summed E-state index contributed by atoms with van der Waals surface area (Å²) in [6.07, 6.45) is 53.4. The van der Waals surface area contributed by atoms with Gasteiger partial charge >= 0.3 is 0 Å². The van der Waals surface area contributed by atoms with Crippen LogP contribution >= 0.6 is 0 Å². The molecule has 5 N–H and O–H groups in total. The number of ether oxygens (including phenoxy) is 4. The van der Waals surface area contributed by atoms with Gasteiger partial charge in [-0.05, 0) is 162 Å². The number of hydrogen-bond acceptors (Lipinski definition) is 13. The molecule has 0 spiro atoms. The first-order valence-corrected chi connectivity index (χ1v) is 51.1. The lowest BCUT2D eigenvalue weighted by atomic mass is 9.90. The van der Waals surface area contributed by atoms with Crippen molar-refractivity contribution >= 4 is 47.0 Å². The standard InChI is InChI=1S/C38H66N4O4.C35H61NO4.C33H58N2O4.22CH4/c1-6-11-15-17-21-33(19-13-8-3)41-35(43)23-25-39-37(45)31-27-30(10-5)28-32(29-31)38(46)40-26-24-36(44)42-34(20-14-9-4)22-18-16-12-7-2;1-6-11-15-19-30(20-16-12-7-2)23-32(37)27-39-33-24-29(10-5)25-34(26-33)40-28-35(38)36-31(21-17-13-8-3)22-18-14-9-4;1-6-11-15-19-34(20-16-12-7-2)26-30(36)27-38-31-23-29(10-5)24-32(25-31)39-28-33(37)35(21-17-13-8-3)22-18-14-9-4;;;;;;;;;;;;;;;;;;;;;;/h27-29,33-34H,6-26H2,1-5H3,(H,39,45)(H,40,46)(H,41,43)(H,42,44);24-26,30-31H,6-23,27-28H2,1-5H3,(H,36,38);23-25H,6-22,26-28H2,1-5H3;22*1H4. The molecule has 0 aliphatic heterocycles. The molecule has 3 rings (SSSR count). The van der Waals surface area contributed by atoms with Gasteiger partial charge in [0.1, 0.15) is 36.2 Å². The van der Waals surface area contributed by atoms with Crippen LogP contribution in [0.1, 0.15) is 606 Å². The summed E-state index contributed by atoms with van der Waals surface area (Å²) in [6, 6.07) is 17.2. The zero-order valence-electron chi connectivity index (χ0n) is 82.4. The Morgan fingerprint density at radius 2 is 0.517 bits per heavy atom. The van der Waals surface area contributed by atoms with Crippen molar-refractivity contribution in [2.24, 2.45) is 5.92 Å². The predicted molar refractivity (Wildman–Crippen MR) is 670 cm³/mol. The second-order valence-electron chi connectivity index (χ2n) is 35.2. The fraction of sp³-hybridized carbons (Fsp3) is 0.797. The summed E-state index contributed by atoms with van der Waals surface area (Å²) in [5.41, 5.74) is 3.78. The molecule has 892 valence electrons. The Morgan fingerprint density at radius 3 is 0.837 bits per heavy atom. The van der Waals surface area contributed by atoms with Crippen molar-refractivity contribution in [3.05, 3.63) is 82.4 Å². The third-order valence-corrected chi connectivity index (χ3v) is 23.4. The molecular weight excluding hydrogens is 1830 g/mol. The van der Waals surface area contributed by atoms with E-state index in [-0.39, 0.29) is 281 Å². The van der Waals surface area contributed by atoms with Crippen molar-refractivity contribution in [1.82, 2.24) is 36.4 Å². The molecule has 0 aromatic heterocycles. The Bertz CT molecular complexity index is 3080. The Morgan fingerprint density at radius 1 is 0.259 bits per heavy atom. The van der Waals surface area contributed by atoms with Gasteiger partial charge in [0.05, 0.1) is 6.54 Å². The lowest BCUT2D eigenvalue weighted by Gasteiger charge is -2.23. The lowest BCUT2D eigenvalue weighted by Crippen LogP contribution is -2.38. The molecule has 6 amide bonds. The second kappa shape index (κ2) is 133. The first-order chi connectivity index (χ1) is 60.7. The van der Waals surface area contributed by atoms with E-state index in [1.54, 1.807) is 30.3 Å². The SMILES string of the molecule is C.C.C.C.C.C.C.C.C.C.C.C.C.C.C.C.C.C.C.C.C.C.CCCCCC(CCCCC)CC(=O)COc1cc(CC)cc(OCC(=O)NC(CCCCC)CCCCC)c1.CCCCCCC(CCCC)NC(=O)CCNC(=O)c1cc(CC)cc(C(=O)NCCC(=O)NC(CCCC)CCCCCC)c1.CCCCCN(CCCCC)CC(=O)COc1cc(CC)cc(OCC(=O)N(CCCCC)CCCCC)c1. The van der Waals surface area contributed by atoms with Crippen LogP contribution in [0.25, 0.3) is 0 Å². The summed E-state index contributed by atoms with van der Waals surface area (Å²) in [5, 5.41) is 15.3. The summed E-state index contributed by atoms with van der Waals surface area (Å²) >= 11 is 0. The largest absolute Gasteiger partial charge is 0.486 e. The van der Waals surface area contributed by atoms with Gasteiger partial charge in [0.15, 0.2) is 24.8 Å². The molecule has 0 bridgehead atoms. The predicted octanol–water partition coefficient (Wildman–Crippen LogP) is 38.6. The van der Waals surface area contributed by atoms with Gasteiger partial charge in [-0.25, -0.2) is 0 Å². The minimum atomic E-state index is -0.310. The van der Waals surface area contributed by atoms with Crippen LogP contribution in [-0.2, 0) is 48.0 Å².